The molecular formula is C28H31F2N9O5. The lowest BCUT2D eigenvalue weighted by Crippen LogP contribution is -2.48. The quantitative estimate of drug-likeness (QED) is 0.435. The van der Waals surface area contributed by atoms with Gasteiger partial charge in [0.2, 0.25) is 5.91 Å². The Morgan fingerprint density at radius 3 is 2.48 bits per heavy atom. The van der Waals surface area contributed by atoms with Gasteiger partial charge in [0.05, 0.1) is 19.3 Å². The lowest BCUT2D eigenvalue weighted by molar-refractivity contribution is -0.127. The van der Waals surface area contributed by atoms with Gasteiger partial charge in [0, 0.05) is 53.0 Å². The number of hydrogen-bond acceptors (Lipinski definition) is 10. The van der Waals surface area contributed by atoms with E-state index in [4.69, 9.17) is 9.47 Å². The van der Waals surface area contributed by atoms with Gasteiger partial charge >= 0.3 is 6.09 Å². The summed E-state index contributed by atoms with van der Waals surface area (Å²) in [6.45, 7) is 4.12. The summed E-state index contributed by atoms with van der Waals surface area (Å²) < 4.78 is 42.1. The zero-order valence-electron chi connectivity index (χ0n) is 24.3. The number of rotatable bonds is 6. The zero-order chi connectivity index (χ0) is 30.7. The molecule has 1 aromatic carbocycles. The number of likely N-dealkylation sites (N-methyl/N-ethyl adjacent to an activating group) is 1. The van der Waals surface area contributed by atoms with Gasteiger partial charge in [-0.1, -0.05) is 0 Å². The molecule has 44 heavy (non-hydrogen) atoms. The molecule has 14 nitrogen and oxygen atoms in total. The molecule has 0 unspecified atom stereocenters. The van der Waals surface area contributed by atoms with Crippen molar-refractivity contribution in [3.8, 4) is 5.88 Å². The summed E-state index contributed by atoms with van der Waals surface area (Å²) in [5.41, 5.74) is -0.141. The molecular weight excluding hydrogens is 580 g/mol. The van der Waals surface area contributed by atoms with E-state index >= 15 is 8.78 Å². The van der Waals surface area contributed by atoms with Gasteiger partial charge in [0.15, 0.2) is 40.9 Å². The van der Waals surface area contributed by atoms with E-state index in [9.17, 15) is 14.4 Å². The van der Waals surface area contributed by atoms with Crippen LogP contribution in [0, 0.1) is 17.6 Å². The first-order chi connectivity index (χ1) is 21.1. The average Bonchev–Trinajstić information content (AvgIpc) is 3.71. The van der Waals surface area contributed by atoms with Crippen LogP contribution in [0.3, 0.4) is 0 Å². The van der Waals surface area contributed by atoms with Crippen LogP contribution in [0.1, 0.15) is 30.9 Å². The van der Waals surface area contributed by atoms with Gasteiger partial charge in [0.25, 0.3) is 11.8 Å². The van der Waals surface area contributed by atoms with Crippen LogP contribution in [0.5, 0.6) is 5.88 Å². The molecule has 16 heteroatoms. The Morgan fingerprint density at radius 1 is 1.14 bits per heavy atom. The Bertz CT molecular complexity index is 1640. The number of halogens is 2. The highest BCUT2D eigenvalue weighted by Crippen LogP contribution is 2.39. The number of benzene rings is 1. The fourth-order valence-corrected chi connectivity index (χ4v) is 6.45. The first-order valence-corrected chi connectivity index (χ1v) is 14.6. The van der Waals surface area contributed by atoms with Crippen molar-refractivity contribution in [2.45, 2.75) is 44.8 Å². The molecule has 1 aliphatic carbocycles. The predicted octanol–water partition coefficient (Wildman–Crippen LogP) is 1.51. The van der Waals surface area contributed by atoms with Gasteiger partial charge < -0.3 is 24.6 Å². The Labute approximate surface area is 250 Å². The topological polar surface area (TPSA) is 148 Å². The summed E-state index contributed by atoms with van der Waals surface area (Å²) in [4.78, 5) is 50.9. The van der Waals surface area contributed by atoms with Crippen LogP contribution in [0.2, 0.25) is 0 Å². The van der Waals surface area contributed by atoms with Crippen molar-refractivity contribution in [3.05, 3.63) is 29.0 Å². The van der Waals surface area contributed by atoms with E-state index < -0.39 is 23.3 Å². The van der Waals surface area contributed by atoms with E-state index in [0.717, 1.165) is 0 Å². The second kappa shape index (κ2) is 10.6. The first-order valence-electron chi connectivity index (χ1n) is 14.6. The zero-order valence-corrected chi connectivity index (χ0v) is 24.3. The van der Waals surface area contributed by atoms with Crippen LogP contribution in [-0.4, -0.2) is 105 Å². The SMILES string of the molecule is CC(=O)N(C)CCn1nc2c(F)c3c(c(F)c2n1)CC(CN1CCC2(CC1)CN(c1cnc4c(n1)NC(=O)CO4)C(=O)O2)C3. The number of likely N-dealkylation sites (tertiary alicyclic amines) is 1. The van der Waals surface area contributed by atoms with Crippen molar-refractivity contribution in [2.75, 3.05) is 56.6 Å². The molecule has 7 rings (SSSR count). The van der Waals surface area contributed by atoms with Gasteiger partial charge in [0.1, 0.15) is 5.60 Å². The van der Waals surface area contributed by atoms with Gasteiger partial charge in [-0.05, 0) is 29.9 Å². The number of nitrogens with one attached hydrogen (secondary N) is 1. The molecule has 2 saturated heterocycles. The minimum absolute atomic E-state index is 0.0247. The van der Waals surface area contributed by atoms with Crippen molar-refractivity contribution in [2.24, 2.45) is 5.92 Å². The smallest absolute Gasteiger partial charge is 0.416 e. The highest BCUT2D eigenvalue weighted by molar-refractivity contribution is 5.95. The highest BCUT2D eigenvalue weighted by Gasteiger charge is 2.48. The fourth-order valence-electron chi connectivity index (χ4n) is 6.45. The van der Waals surface area contributed by atoms with Crippen molar-refractivity contribution in [3.63, 3.8) is 0 Å². The van der Waals surface area contributed by atoms with Gasteiger partial charge in [-0.25, -0.2) is 23.5 Å². The number of carbonyl (C=O) groups excluding carboxylic acids is 3. The second-order valence-electron chi connectivity index (χ2n) is 11.9. The molecule has 0 atom stereocenters. The summed E-state index contributed by atoms with van der Waals surface area (Å²) in [5, 5.41) is 11.0. The monoisotopic (exact) mass is 611 g/mol. The number of hydrogen-bond donors (Lipinski definition) is 1. The van der Waals surface area contributed by atoms with E-state index in [1.165, 1.54) is 27.7 Å². The number of nitrogens with zero attached hydrogens (tertiary/aromatic N) is 8. The number of fused-ring (bicyclic) bond motifs is 3. The molecule has 232 valence electrons. The molecule has 1 N–H and O–H groups in total. The van der Waals surface area contributed by atoms with Gasteiger partial charge in [-0.3, -0.25) is 14.5 Å². The third kappa shape index (κ3) is 4.96. The van der Waals surface area contributed by atoms with Crippen molar-refractivity contribution in [1.29, 1.82) is 0 Å². The number of anilines is 2. The van der Waals surface area contributed by atoms with Crippen molar-refractivity contribution >= 4 is 40.6 Å². The molecule has 1 spiro atoms. The molecule has 2 aromatic heterocycles. The summed E-state index contributed by atoms with van der Waals surface area (Å²) in [7, 11) is 1.64. The maximum atomic E-state index is 15.5. The highest BCUT2D eigenvalue weighted by atomic mass is 19.1. The number of carbonyl (C=O) groups is 3. The van der Waals surface area contributed by atoms with E-state index in [1.807, 2.05) is 0 Å². The van der Waals surface area contributed by atoms with Crippen LogP contribution in [0.15, 0.2) is 6.20 Å². The molecule has 4 aliphatic rings. The lowest BCUT2D eigenvalue weighted by atomic mass is 9.90. The van der Waals surface area contributed by atoms with Gasteiger partial charge in [-0.2, -0.15) is 15.0 Å². The summed E-state index contributed by atoms with van der Waals surface area (Å²) in [6.07, 6.45) is 2.88. The molecule has 3 aromatic rings. The van der Waals surface area contributed by atoms with Crippen LogP contribution in [0.4, 0.5) is 25.2 Å². The lowest BCUT2D eigenvalue weighted by Gasteiger charge is -2.38. The molecule has 2 fully saturated rings. The maximum Gasteiger partial charge on any atom is 0.416 e. The predicted molar refractivity (Wildman–Crippen MR) is 150 cm³/mol. The van der Waals surface area contributed by atoms with Crippen molar-refractivity contribution < 1.29 is 32.6 Å². The molecule has 0 saturated carbocycles. The van der Waals surface area contributed by atoms with Gasteiger partial charge in [-0.15, -0.1) is 0 Å². The second-order valence-corrected chi connectivity index (χ2v) is 11.9. The fraction of sp³-hybridized carbons (Fsp3) is 0.536. The van der Waals surface area contributed by atoms with E-state index in [1.54, 1.807) is 7.05 Å². The molecule has 0 bridgehead atoms. The Balaban J connectivity index is 0.974. The van der Waals surface area contributed by atoms with E-state index in [-0.39, 0.29) is 59.4 Å². The van der Waals surface area contributed by atoms with Crippen LogP contribution >= 0.6 is 0 Å². The van der Waals surface area contributed by atoms with Crippen LogP contribution < -0.4 is 15.0 Å². The van der Waals surface area contributed by atoms with Crippen LogP contribution in [0.25, 0.3) is 11.0 Å². The molecule has 3 aliphatic heterocycles. The number of piperidine rings is 1. The number of aromatic nitrogens is 5. The van der Waals surface area contributed by atoms with E-state index in [0.29, 0.717) is 69.5 Å². The molecule has 0 radical (unpaired) electrons. The molecule has 3 amide bonds. The summed E-state index contributed by atoms with van der Waals surface area (Å²) >= 11 is 0. The third-order valence-electron chi connectivity index (χ3n) is 8.98. The largest absolute Gasteiger partial charge is 0.465 e. The minimum Gasteiger partial charge on any atom is -0.465 e. The number of ether oxygens (including phenoxy) is 2. The minimum atomic E-state index is -0.684. The molecule has 5 heterocycles. The standard InChI is InChI=1S/C28H31F2N9O5/c1-15(40)36(2)7-8-39-34-23-21(29)17-9-16(10-18(17)22(30)24(23)35-39)12-37-5-3-28(4-6-37)14-38(27(42)44-28)19-11-31-26-25(32-19)33-20(41)13-43-26/h11,16H,3-10,12-14H2,1-2H3,(H,32,33,41). The van der Waals surface area contributed by atoms with Crippen molar-refractivity contribution in [1.82, 2.24) is 34.8 Å². The average molecular weight is 612 g/mol. The van der Waals surface area contributed by atoms with Crippen LogP contribution in [-0.2, 0) is 33.7 Å². The Hall–Kier alpha value is -4.47. The first kappa shape index (κ1) is 28.3. The number of amides is 3. The Kier molecular flexibility index (Phi) is 6.82. The third-order valence-corrected chi connectivity index (χ3v) is 8.98. The maximum absolute atomic E-state index is 15.5. The Morgan fingerprint density at radius 2 is 1.82 bits per heavy atom. The summed E-state index contributed by atoms with van der Waals surface area (Å²) in [5.74, 6) is -0.877. The normalized spacial score (nSPS) is 19.6. The van der Waals surface area contributed by atoms with E-state index in [2.05, 4.69) is 30.4 Å². The summed E-state index contributed by atoms with van der Waals surface area (Å²) in [6, 6.07) is 0.